The normalized spacial score (nSPS) is 10.8. The van der Waals surface area contributed by atoms with Crippen LogP contribution in [-0.2, 0) is 13.1 Å². The van der Waals surface area contributed by atoms with E-state index < -0.39 is 0 Å². The number of hydrogen-bond donors (Lipinski definition) is 1. The number of benzene rings is 1. The van der Waals surface area contributed by atoms with Crippen molar-refractivity contribution in [3.8, 4) is 0 Å². The van der Waals surface area contributed by atoms with Crippen molar-refractivity contribution in [2.24, 2.45) is 0 Å². The minimum atomic E-state index is -0.225. The second-order valence-electron chi connectivity index (χ2n) is 3.97. The highest BCUT2D eigenvalue weighted by molar-refractivity contribution is 9.10. The molecule has 17 heavy (non-hydrogen) atoms. The van der Waals surface area contributed by atoms with Gasteiger partial charge in [0.1, 0.15) is 5.82 Å². The van der Waals surface area contributed by atoms with Crippen LogP contribution in [0.1, 0.15) is 11.1 Å². The summed E-state index contributed by atoms with van der Waals surface area (Å²) in [6, 6.07) is 7.18. The third-order valence-corrected chi connectivity index (χ3v) is 3.15. The second kappa shape index (κ2) is 5.47. The fourth-order valence-corrected chi connectivity index (χ4v) is 2.17. The molecule has 0 spiro atoms. The van der Waals surface area contributed by atoms with E-state index in [-0.39, 0.29) is 5.82 Å². The van der Waals surface area contributed by atoms with Gasteiger partial charge in [-0.3, -0.25) is 0 Å². The van der Waals surface area contributed by atoms with E-state index in [4.69, 9.17) is 0 Å². The van der Waals surface area contributed by atoms with Crippen molar-refractivity contribution in [3.05, 3.63) is 58.1 Å². The molecule has 0 atom stereocenters. The minimum absolute atomic E-state index is 0.225. The van der Waals surface area contributed by atoms with E-state index in [1.165, 1.54) is 11.6 Å². The van der Waals surface area contributed by atoms with Gasteiger partial charge in [-0.15, -0.1) is 0 Å². The van der Waals surface area contributed by atoms with Crippen LogP contribution in [0.3, 0.4) is 0 Å². The van der Waals surface area contributed by atoms with E-state index in [2.05, 4.69) is 38.1 Å². The van der Waals surface area contributed by atoms with E-state index in [9.17, 15) is 4.39 Å². The molecule has 2 aromatic rings. The monoisotopic (exact) mass is 296 g/mol. The maximum Gasteiger partial charge on any atom is 0.137 e. The number of nitrogens with zero attached hydrogens (tertiary/aromatic N) is 1. The van der Waals surface area contributed by atoms with Gasteiger partial charge >= 0.3 is 0 Å². The first-order valence-corrected chi connectivity index (χ1v) is 6.21. The zero-order chi connectivity index (χ0) is 12.3. The molecule has 0 amide bonds. The summed E-state index contributed by atoms with van der Waals surface area (Å²) in [5.74, 6) is -0.225. The average molecular weight is 297 g/mol. The first-order chi connectivity index (χ1) is 8.19. The van der Waals surface area contributed by atoms with Crippen molar-refractivity contribution in [2.75, 3.05) is 7.05 Å². The molecule has 1 N–H and O–H groups in total. The summed E-state index contributed by atoms with van der Waals surface area (Å²) in [5.41, 5.74) is 2.32. The Morgan fingerprint density at radius 3 is 2.82 bits per heavy atom. The van der Waals surface area contributed by atoms with Gasteiger partial charge in [0.15, 0.2) is 0 Å². The highest BCUT2D eigenvalue weighted by Crippen LogP contribution is 2.17. The third kappa shape index (κ3) is 3.17. The van der Waals surface area contributed by atoms with Crippen LogP contribution in [-0.4, -0.2) is 11.6 Å². The summed E-state index contributed by atoms with van der Waals surface area (Å²) in [4.78, 5) is 0. The standard InChI is InChI=1S/C13H14BrFN2/c1-16-7-11-4-5-17(9-11)8-10-2-3-13(15)12(14)6-10/h2-6,9,16H,7-8H2,1H3. The SMILES string of the molecule is CNCc1ccn(Cc2ccc(F)c(Br)c2)c1. The largest absolute Gasteiger partial charge is 0.350 e. The molecule has 4 heteroatoms. The van der Waals surface area contributed by atoms with Gasteiger partial charge in [0, 0.05) is 25.5 Å². The number of aromatic nitrogens is 1. The van der Waals surface area contributed by atoms with Gasteiger partial charge in [-0.05, 0) is 52.3 Å². The van der Waals surface area contributed by atoms with Crippen LogP contribution in [0.25, 0.3) is 0 Å². The van der Waals surface area contributed by atoms with Crippen LogP contribution >= 0.6 is 15.9 Å². The lowest BCUT2D eigenvalue weighted by Crippen LogP contribution is -2.04. The topological polar surface area (TPSA) is 17.0 Å². The van der Waals surface area contributed by atoms with Crippen LogP contribution in [0.2, 0.25) is 0 Å². The number of nitrogens with one attached hydrogen (secondary N) is 1. The predicted molar refractivity (Wildman–Crippen MR) is 70.4 cm³/mol. The van der Waals surface area contributed by atoms with Crippen molar-refractivity contribution < 1.29 is 4.39 Å². The Hall–Kier alpha value is -1.13. The lowest BCUT2D eigenvalue weighted by molar-refractivity contribution is 0.619. The Morgan fingerprint density at radius 1 is 1.29 bits per heavy atom. The molecule has 0 aliphatic carbocycles. The molecule has 1 aromatic heterocycles. The molecule has 0 saturated heterocycles. The van der Waals surface area contributed by atoms with Gasteiger partial charge in [-0.2, -0.15) is 0 Å². The first-order valence-electron chi connectivity index (χ1n) is 5.42. The van der Waals surface area contributed by atoms with Gasteiger partial charge in [0.05, 0.1) is 4.47 Å². The summed E-state index contributed by atoms with van der Waals surface area (Å²) >= 11 is 3.20. The smallest absolute Gasteiger partial charge is 0.137 e. The van der Waals surface area contributed by atoms with Crippen molar-refractivity contribution in [3.63, 3.8) is 0 Å². The van der Waals surface area contributed by atoms with Crippen LogP contribution < -0.4 is 5.32 Å². The van der Waals surface area contributed by atoms with Crippen LogP contribution in [0.5, 0.6) is 0 Å². The summed E-state index contributed by atoms with van der Waals surface area (Å²) in [7, 11) is 1.93. The number of hydrogen-bond acceptors (Lipinski definition) is 1. The van der Waals surface area contributed by atoms with Gasteiger partial charge in [0.2, 0.25) is 0 Å². The second-order valence-corrected chi connectivity index (χ2v) is 4.83. The van der Waals surface area contributed by atoms with Crippen molar-refractivity contribution in [1.29, 1.82) is 0 Å². The molecular formula is C13H14BrFN2. The molecule has 0 aliphatic rings. The zero-order valence-corrected chi connectivity index (χ0v) is 11.2. The predicted octanol–water partition coefficient (Wildman–Crippen LogP) is 3.16. The molecule has 0 radical (unpaired) electrons. The van der Waals surface area contributed by atoms with Gasteiger partial charge in [0.25, 0.3) is 0 Å². The van der Waals surface area contributed by atoms with Gasteiger partial charge in [-0.25, -0.2) is 4.39 Å². The summed E-state index contributed by atoms with van der Waals surface area (Å²) in [6.45, 7) is 1.61. The fraction of sp³-hybridized carbons (Fsp3) is 0.231. The lowest BCUT2D eigenvalue weighted by Gasteiger charge is -2.04. The Labute approximate surface area is 109 Å². The fourth-order valence-electron chi connectivity index (χ4n) is 1.75. The molecule has 2 nitrogen and oxygen atoms in total. The molecule has 0 unspecified atom stereocenters. The van der Waals surface area contributed by atoms with Crippen LogP contribution in [0.4, 0.5) is 4.39 Å². The molecule has 0 bridgehead atoms. The highest BCUT2D eigenvalue weighted by atomic mass is 79.9. The van der Waals surface area contributed by atoms with Crippen molar-refractivity contribution in [2.45, 2.75) is 13.1 Å². The summed E-state index contributed by atoms with van der Waals surface area (Å²) < 4.78 is 15.7. The van der Waals surface area contributed by atoms with Gasteiger partial charge < -0.3 is 9.88 Å². The number of rotatable bonds is 4. The van der Waals surface area contributed by atoms with E-state index >= 15 is 0 Å². The van der Waals surface area contributed by atoms with Crippen LogP contribution in [0, 0.1) is 5.82 Å². The molecule has 0 fully saturated rings. The molecule has 0 aliphatic heterocycles. The Kier molecular flexibility index (Phi) is 3.97. The minimum Gasteiger partial charge on any atom is -0.350 e. The Bertz CT molecular complexity index is 508. The molecule has 90 valence electrons. The average Bonchev–Trinajstić information content (AvgIpc) is 2.72. The van der Waals surface area contributed by atoms with Crippen LogP contribution in [0.15, 0.2) is 41.1 Å². The molecular weight excluding hydrogens is 283 g/mol. The van der Waals surface area contributed by atoms with Crippen molar-refractivity contribution in [1.82, 2.24) is 9.88 Å². The third-order valence-electron chi connectivity index (χ3n) is 2.54. The first kappa shape index (κ1) is 12.3. The molecule has 2 rings (SSSR count). The van der Waals surface area contributed by atoms with E-state index in [0.29, 0.717) is 4.47 Å². The van der Waals surface area contributed by atoms with E-state index in [1.54, 1.807) is 6.07 Å². The zero-order valence-electron chi connectivity index (χ0n) is 9.58. The maximum atomic E-state index is 13.1. The molecule has 0 saturated carbocycles. The van der Waals surface area contributed by atoms with Gasteiger partial charge in [-0.1, -0.05) is 6.07 Å². The quantitative estimate of drug-likeness (QED) is 0.917. The van der Waals surface area contributed by atoms with E-state index in [1.807, 2.05) is 19.3 Å². The Morgan fingerprint density at radius 2 is 2.12 bits per heavy atom. The summed E-state index contributed by atoms with van der Waals surface area (Å²) in [5, 5.41) is 3.11. The van der Waals surface area contributed by atoms with Crippen molar-refractivity contribution >= 4 is 15.9 Å². The Balaban J connectivity index is 2.11. The van der Waals surface area contributed by atoms with E-state index in [0.717, 1.165) is 18.7 Å². The maximum absolute atomic E-state index is 13.1. The highest BCUT2D eigenvalue weighted by Gasteiger charge is 2.02. The molecule has 1 heterocycles. The molecule has 1 aromatic carbocycles. The number of halogens is 2. The summed E-state index contributed by atoms with van der Waals surface area (Å²) in [6.07, 6.45) is 4.12. The lowest BCUT2D eigenvalue weighted by atomic mass is 10.2.